The predicted molar refractivity (Wildman–Crippen MR) is 118 cm³/mol. The fraction of sp³-hybridized carbons (Fsp3) is 0.0870. The van der Waals surface area contributed by atoms with Gasteiger partial charge in [-0.2, -0.15) is 0 Å². The highest BCUT2D eigenvalue weighted by atomic mass is 16.6. The second-order valence-corrected chi connectivity index (χ2v) is 7.26. The van der Waals surface area contributed by atoms with E-state index in [2.05, 4.69) is 4.98 Å². The summed E-state index contributed by atoms with van der Waals surface area (Å²) in [4.78, 5) is 25.9. The van der Waals surface area contributed by atoms with Crippen LogP contribution in [0.25, 0.3) is 5.57 Å². The number of allylic oxidation sites excluding steroid dienone is 2. The molecule has 0 saturated heterocycles. The molecule has 2 aromatic carbocycles. The average molecular weight is 415 g/mol. The van der Waals surface area contributed by atoms with E-state index in [0.29, 0.717) is 18.8 Å². The summed E-state index contributed by atoms with van der Waals surface area (Å²) >= 11 is 0. The van der Waals surface area contributed by atoms with Crippen LogP contribution >= 0.6 is 0 Å². The summed E-state index contributed by atoms with van der Waals surface area (Å²) in [5, 5.41) is 23.0. The summed E-state index contributed by atoms with van der Waals surface area (Å²) in [6.07, 6.45) is 9.32. The number of quaternary nitrogens is 1. The Labute approximate surface area is 178 Å². The van der Waals surface area contributed by atoms with Crippen LogP contribution in [0, 0.1) is 20.2 Å². The first kappa shape index (κ1) is 20.1. The lowest BCUT2D eigenvalue weighted by Crippen LogP contribution is -2.44. The third kappa shape index (κ3) is 4.10. The third-order valence-corrected chi connectivity index (χ3v) is 5.34. The van der Waals surface area contributed by atoms with Crippen LogP contribution in [0.3, 0.4) is 0 Å². The van der Waals surface area contributed by atoms with Crippen LogP contribution < -0.4 is 4.48 Å². The smallest absolute Gasteiger partial charge is 0.265 e. The van der Waals surface area contributed by atoms with Crippen molar-refractivity contribution in [3.8, 4) is 0 Å². The maximum absolute atomic E-state index is 11.8. The molecular weight excluding hydrogens is 396 g/mol. The Balaban J connectivity index is 1.82. The number of pyridine rings is 1. The number of non-ortho nitro benzene ring substituents is 1. The molecule has 8 heteroatoms. The van der Waals surface area contributed by atoms with Crippen LogP contribution in [0.1, 0.15) is 11.1 Å². The van der Waals surface area contributed by atoms with Crippen LogP contribution in [0.15, 0.2) is 91.4 Å². The number of hydrogen-bond donors (Lipinski definition) is 0. The van der Waals surface area contributed by atoms with Gasteiger partial charge in [0, 0.05) is 30.1 Å². The molecule has 31 heavy (non-hydrogen) atoms. The van der Waals surface area contributed by atoms with Crippen molar-refractivity contribution in [1.29, 1.82) is 0 Å². The Hall–Kier alpha value is -4.17. The van der Waals surface area contributed by atoms with E-state index in [1.54, 1.807) is 12.4 Å². The van der Waals surface area contributed by atoms with Crippen molar-refractivity contribution in [2.45, 2.75) is 6.54 Å². The average Bonchev–Trinajstić information content (AvgIpc) is 2.80. The molecule has 0 amide bonds. The molecule has 0 spiro atoms. The summed E-state index contributed by atoms with van der Waals surface area (Å²) in [6.45, 7) is 0.928. The Bertz CT molecular complexity index is 1190. The molecule has 1 aliphatic heterocycles. The van der Waals surface area contributed by atoms with Gasteiger partial charge >= 0.3 is 5.69 Å². The molecule has 1 unspecified atom stereocenters. The van der Waals surface area contributed by atoms with E-state index in [9.17, 15) is 20.2 Å². The fourth-order valence-electron chi connectivity index (χ4n) is 3.81. The Morgan fingerprint density at radius 2 is 1.68 bits per heavy atom. The Morgan fingerprint density at radius 3 is 2.29 bits per heavy atom. The highest BCUT2D eigenvalue weighted by Gasteiger charge is 2.38. The minimum absolute atomic E-state index is 0.146. The van der Waals surface area contributed by atoms with Crippen molar-refractivity contribution < 1.29 is 9.85 Å². The molecule has 0 bridgehead atoms. The minimum atomic E-state index is -0.619. The number of nitro benzene ring substituents is 2. The van der Waals surface area contributed by atoms with Gasteiger partial charge in [-0.15, -0.1) is 0 Å². The predicted octanol–water partition coefficient (Wildman–Crippen LogP) is 5.02. The molecule has 1 aliphatic rings. The molecule has 0 N–H and O–H groups in total. The molecular formula is C23H19N4O4+. The highest BCUT2D eigenvalue weighted by Crippen LogP contribution is 2.40. The number of hydrogen-bond acceptors (Lipinski definition) is 5. The third-order valence-electron chi connectivity index (χ3n) is 5.34. The van der Waals surface area contributed by atoms with Gasteiger partial charge in [0.15, 0.2) is 0 Å². The first-order chi connectivity index (χ1) is 15.0. The summed E-state index contributed by atoms with van der Waals surface area (Å²) in [5.41, 5.74) is 2.83. The number of rotatable bonds is 6. The standard InChI is InChI=1S/C23H19N4O4/c28-25(29)21-6-7-23(22(16-21)26(30)31)27(17-18-4-2-1-3-5-18)14-10-20(11-15-27)19-8-12-24-13-9-19/h1-14,16H,15,17H2/q+1. The van der Waals surface area contributed by atoms with Gasteiger partial charge in [-0.1, -0.05) is 30.3 Å². The molecule has 1 aromatic heterocycles. The number of benzene rings is 2. The number of nitrogens with zero attached hydrogens (tertiary/aromatic N) is 4. The van der Waals surface area contributed by atoms with E-state index in [1.165, 1.54) is 12.1 Å². The van der Waals surface area contributed by atoms with Crippen LogP contribution in [-0.2, 0) is 6.54 Å². The van der Waals surface area contributed by atoms with Gasteiger partial charge in [0.1, 0.15) is 25.4 Å². The highest BCUT2D eigenvalue weighted by molar-refractivity contribution is 5.77. The van der Waals surface area contributed by atoms with Gasteiger partial charge in [-0.25, -0.2) is 0 Å². The summed E-state index contributed by atoms with van der Waals surface area (Å²) < 4.78 is 0.146. The van der Waals surface area contributed by atoms with Gasteiger partial charge in [0.05, 0.1) is 9.85 Å². The lowest BCUT2D eigenvalue weighted by Gasteiger charge is -2.35. The maximum atomic E-state index is 11.8. The van der Waals surface area contributed by atoms with Gasteiger partial charge < -0.3 is 0 Å². The lowest BCUT2D eigenvalue weighted by molar-refractivity contribution is -0.394. The monoisotopic (exact) mass is 415 g/mol. The zero-order chi connectivity index (χ0) is 21.8. The second-order valence-electron chi connectivity index (χ2n) is 7.26. The van der Waals surface area contributed by atoms with Crippen LogP contribution in [0.4, 0.5) is 17.1 Å². The maximum Gasteiger partial charge on any atom is 0.336 e. The minimum Gasteiger partial charge on any atom is -0.265 e. The van der Waals surface area contributed by atoms with Gasteiger partial charge in [0.2, 0.25) is 5.69 Å². The van der Waals surface area contributed by atoms with E-state index in [1.807, 2.05) is 60.8 Å². The summed E-state index contributed by atoms with van der Waals surface area (Å²) in [7, 11) is 0. The van der Waals surface area contributed by atoms with Crippen molar-refractivity contribution >= 4 is 22.6 Å². The topological polar surface area (TPSA) is 99.2 Å². The van der Waals surface area contributed by atoms with E-state index in [4.69, 9.17) is 0 Å². The van der Waals surface area contributed by atoms with Crippen molar-refractivity contribution in [2.75, 3.05) is 6.54 Å². The van der Waals surface area contributed by atoms with Crippen molar-refractivity contribution in [3.05, 3.63) is 123 Å². The van der Waals surface area contributed by atoms with Crippen molar-refractivity contribution in [1.82, 2.24) is 9.47 Å². The normalized spacial score (nSPS) is 17.7. The molecule has 2 heterocycles. The summed E-state index contributed by atoms with van der Waals surface area (Å²) in [5.74, 6) is 0. The van der Waals surface area contributed by atoms with Crippen molar-refractivity contribution in [3.63, 3.8) is 0 Å². The zero-order valence-electron chi connectivity index (χ0n) is 16.5. The van der Waals surface area contributed by atoms with E-state index < -0.39 is 9.85 Å². The lowest BCUT2D eigenvalue weighted by atomic mass is 10.0. The molecule has 0 saturated carbocycles. The Kier molecular flexibility index (Phi) is 5.38. The molecule has 0 aliphatic carbocycles. The molecule has 0 radical (unpaired) electrons. The van der Waals surface area contributed by atoms with E-state index in [-0.39, 0.29) is 15.9 Å². The second kappa shape index (κ2) is 8.29. The molecule has 8 nitrogen and oxygen atoms in total. The largest absolute Gasteiger partial charge is 0.336 e. The molecule has 1 atom stereocenters. The van der Waals surface area contributed by atoms with Gasteiger partial charge in [-0.05, 0) is 35.4 Å². The van der Waals surface area contributed by atoms with E-state index >= 15 is 0 Å². The molecule has 3 aromatic rings. The van der Waals surface area contributed by atoms with Crippen molar-refractivity contribution in [2.24, 2.45) is 0 Å². The number of aromatic nitrogens is 1. The fourth-order valence-corrected chi connectivity index (χ4v) is 3.81. The molecule has 154 valence electrons. The van der Waals surface area contributed by atoms with E-state index in [0.717, 1.165) is 22.8 Å². The quantitative estimate of drug-likeness (QED) is 0.320. The SMILES string of the molecule is O=[N+]([O-])c1ccc([N+]2(Cc3ccccc3)C=CC(c3ccncc3)=CC2)c([N+](=O)[O-])c1. The zero-order valence-corrected chi connectivity index (χ0v) is 16.5. The van der Waals surface area contributed by atoms with Crippen LogP contribution in [0.2, 0.25) is 0 Å². The Morgan fingerprint density at radius 1 is 0.935 bits per heavy atom. The first-order valence-corrected chi connectivity index (χ1v) is 9.62. The first-order valence-electron chi connectivity index (χ1n) is 9.62. The number of nitro groups is 2. The van der Waals surface area contributed by atoms with Gasteiger partial charge in [0.25, 0.3) is 5.69 Å². The van der Waals surface area contributed by atoms with Crippen LogP contribution in [-0.4, -0.2) is 21.4 Å². The van der Waals surface area contributed by atoms with Gasteiger partial charge in [-0.3, -0.25) is 29.7 Å². The molecule has 4 rings (SSSR count). The summed E-state index contributed by atoms with van der Waals surface area (Å²) in [6, 6.07) is 17.3. The van der Waals surface area contributed by atoms with Crippen LogP contribution in [0.5, 0.6) is 0 Å². The molecule has 0 fully saturated rings.